The number of hydrogen-bond donors (Lipinski definition) is 1. The molecule has 0 saturated heterocycles. The van der Waals surface area contributed by atoms with Crippen LogP contribution in [0.2, 0.25) is 0 Å². The fraction of sp³-hybridized carbons (Fsp3) is 0.250. The van der Waals surface area contributed by atoms with Crippen LogP contribution in [0.3, 0.4) is 0 Å². The van der Waals surface area contributed by atoms with E-state index < -0.39 is 0 Å². The van der Waals surface area contributed by atoms with E-state index in [9.17, 15) is 9.18 Å². The summed E-state index contributed by atoms with van der Waals surface area (Å²) in [5.74, 6) is -0.279. The van der Waals surface area contributed by atoms with Gasteiger partial charge in [0.25, 0.3) is 5.91 Å². The van der Waals surface area contributed by atoms with E-state index in [1.54, 1.807) is 12.1 Å². The first kappa shape index (κ1) is 16.2. The lowest BCUT2D eigenvalue weighted by atomic mass is 10.1. The standard InChI is InChI=1S/C20H21FN2O/c1-4-22-20(24)16-7-10-19-18(11-16)13(2)14(3)23(19)12-15-5-8-17(21)9-6-15/h5-11H,4,12H2,1-3H3,(H,22,24). The van der Waals surface area contributed by atoms with Crippen molar-refractivity contribution in [2.75, 3.05) is 6.54 Å². The van der Waals surface area contributed by atoms with Gasteiger partial charge in [0.15, 0.2) is 0 Å². The van der Waals surface area contributed by atoms with Gasteiger partial charge in [-0.15, -0.1) is 0 Å². The number of amides is 1. The van der Waals surface area contributed by atoms with E-state index in [0.29, 0.717) is 18.7 Å². The second kappa shape index (κ2) is 6.48. The van der Waals surface area contributed by atoms with Crippen LogP contribution in [0.5, 0.6) is 0 Å². The van der Waals surface area contributed by atoms with Crippen LogP contribution in [0.1, 0.15) is 34.1 Å². The third-order valence-electron chi connectivity index (χ3n) is 4.49. The van der Waals surface area contributed by atoms with Gasteiger partial charge in [0.05, 0.1) is 0 Å². The van der Waals surface area contributed by atoms with E-state index in [2.05, 4.69) is 23.7 Å². The average molecular weight is 324 g/mol. The average Bonchev–Trinajstić information content (AvgIpc) is 2.81. The Hall–Kier alpha value is -2.62. The summed E-state index contributed by atoms with van der Waals surface area (Å²) in [6, 6.07) is 12.4. The third-order valence-corrected chi connectivity index (χ3v) is 4.49. The Balaban J connectivity index is 2.04. The van der Waals surface area contributed by atoms with Gasteiger partial charge in [0.2, 0.25) is 0 Å². The molecule has 3 rings (SSSR count). The third kappa shape index (κ3) is 2.92. The monoisotopic (exact) mass is 324 g/mol. The zero-order chi connectivity index (χ0) is 17.3. The van der Waals surface area contributed by atoms with E-state index in [4.69, 9.17) is 0 Å². The van der Waals surface area contributed by atoms with Crippen LogP contribution < -0.4 is 5.32 Å². The van der Waals surface area contributed by atoms with Gasteiger partial charge in [0, 0.05) is 35.2 Å². The van der Waals surface area contributed by atoms with Crippen LogP contribution in [0, 0.1) is 19.7 Å². The maximum absolute atomic E-state index is 13.1. The molecule has 0 aliphatic heterocycles. The molecule has 0 aliphatic carbocycles. The predicted molar refractivity (Wildman–Crippen MR) is 94.9 cm³/mol. The van der Waals surface area contributed by atoms with E-state index in [1.807, 2.05) is 25.1 Å². The van der Waals surface area contributed by atoms with Crippen LogP contribution in [0.4, 0.5) is 4.39 Å². The highest BCUT2D eigenvalue weighted by Crippen LogP contribution is 2.27. The van der Waals surface area contributed by atoms with Gasteiger partial charge in [-0.2, -0.15) is 0 Å². The van der Waals surface area contributed by atoms with Gasteiger partial charge in [-0.05, 0) is 62.2 Å². The summed E-state index contributed by atoms with van der Waals surface area (Å²) in [5.41, 5.74) is 5.12. The quantitative estimate of drug-likeness (QED) is 0.767. The Labute approximate surface area is 141 Å². The summed E-state index contributed by atoms with van der Waals surface area (Å²) in [4.78, 5) is 12.1. The Kier molecular flexibility index (Phi) is 4.38. The minimum Gasteiger partial charge on any atom is -0.352 e. The van der Waals surface area contributed by atoms with Crippen molar-refractivity contribution in [3.05, 3.63) is 70.7 Å². The second-order valence-electron chi connectivity index (χ2n) is 6.01. The highest BCUT2D eigenvalue weighted by Gasteiger charge is 2.14. The summed E-state index contributed by atoms with van der Waals surface area (Å²) in [6.45, 7) is 7.34. The second-order valence-corrected chi connectivity index (χ2v) is 6.01. The number of aromatic nitrogens is 1. The highest BCUT2D eigenvalue weighted by molar-refractivity contribution is 5.99. The first-order valence-electron chi connectivity index (χ1n) is 8.13. The van der Waals surface area contributed by atoms with Crippen LogP contribution in [-0.2, 0) is 6.54 Å². The Morgan fingerprint density at radius 3 is 2.50 bits per heavy atom. The van der Waals surface area contributed by atoms with Crippen molar-refractivity contribution in [3.63, 3.8) is 0 Å². The molecule has 0 unspecified atom stereocenters. The lowest BCUT2D eigenvalue weighted by Crippen LogP contribution is -2.22. The minimum atomic E-state index is -0.226. The van der Waals surface area contributed by atoms with E-state index in [0.717, 1.165) is 22.2 Å². The van der Waals surface area contributed by atoms with Crippen LogP contribution in [0.15, 0.2) is 42.5 Å². The van der Waals surface area contributed by atoms with Gasteiger partial charge >= 0.3 is 0 Å². The summed E-state index contributed by atoms with van der Waals surface area (Å²) in [6.07, 6.45) is 0. The first-order valence-corrected chi connectivity index (χ1v) is 8.13. The SMILES string of the molecule is CCNC(=O)c1ccc2c(c1)c(C)c(C)n2Cc1ccc(F)cc1. The molecule has 24 heavy (non-hydrogen) atoms. The first-order chi connectivity index (χ1) is 11.5. The van der Waals surface area contributed by atoms with Gasteiger partial charge in [-0.25, -0.2) is 4.39 Å². The zero-order valence-corrected chi connectivity index (χ0v) is 14.2. The number of nitrogens with zero attached hydrogens (tertiary/aromatic N) is 1. The molecule has 0 spiro atoms. The number of halogens is 1. The largest absolute Gasteiger partial charge is 0.352 e. The molecule has 0 saturated carbocycles. The molecule has 3 nitrogen and oxygen atoms in total. The molecule has 1 N–H and O–H groups in total. The Morgan fingerprint density at radius 2 is 1.83 bits per heavy atom. The highest BCUT2D eigenvalue weighted by atomic mass is 19.1. The Bertz CT molecular complexity index is 894. The van der Waals surface area contributed by atoms with Crippen molar-refractivity contribution < 1.29 is 9.18 Å². The van der Waals surface area contributed by atoms with Crippen molar-refractivity contribution in [2.24, 2.45) is 0 Å². The fourth-order valence-electron chi connectivity index (χ4n) is 3.03. The molecule has 0 aliphatic rings. The number of hydrogen-bond acceptors (Lipinski definition) is 1. The number of fused-ring (bicyclic) bond motifs is 1. The molecule has 0 bridgehead atoms. The smallest absolute Gasteiger partial charge is 0.251 e. The number of aryl methyl sites for hydroxylation is 1. The number of carbonyl (C=O) groups excluding carboxylic acids is 1. The molecule has 0 radical (unpaired) electrons. The van der Waals surface area contributed by atoms with E-state index >= 15 is 0 Å². The van der Waals surface area contributed by atoms with E-state index in [1.165, 1.54) is 17.7 Å². The van der Waals surface area contributed by atoms with Crippen molar-refractivity contribution in [2.45, 2.75) is 27.3 Å². The predicted octanol–water partition coefficient (Wildman–Crippen LogP) is 4.20. The lowest BCUT2D eigenvalue weighted by molar-refractivity contribution is 0.0956. The molecule has 3 aromatic rings. The molecule has 0 atom stereocenters. The summed E-state index contributed by atoms with van der Waals surface area (Å²) in [7, 11) is 0. The van der Waals surface area contributed by atoms with Crippen molar-refractivity contribution in [3.8, 4) is 0 Å². The van der Waals surface area contributed by atoms with Crippen LogP contribution >= 0.6 is 0 Å². The molecule has 4 heteroatoms. The maximum Gasteiger partial charge on any atom is 0.251 e. The van der Waals surface area contributed by atoms with Crippen molar-refractivity contribution in [1.82, 2.24) is 9.88 Å². The minimum absolute atomic E-state index is 0.0530. The molecule has 2 aromatic carbocycles. The molecule has 0 fully saturated rings. The van der Waals surface area contributed by atoms with Crippen molar-refractivity contribution in [1.29, 1.82) is 0 Å². The molecule has 124 valence electrons. The number of rotatable bonds is 4. The summed E-state index contributed by atoms with van der Waals surface area (Å²) >= 11 is 0. The molecule has 1 heterocycles. The fourth-order valence-corrected chi connectivity index (χ4v) is 3.03. The van der Waals surface area contributed by atoms with Gasteiger partial charge < -0.3 is 9.88 Å². The zero-order valence-electron chi connectivity index (χ0n) is 14.2. The molecule has 1 aromatic heterocycles. The van der Waals surface area contributed by atoms with Crippen molar-refractivity contribution >= 4 is 16.8 Å². The molecule has 1 amide bonds. The normalized spacial score (nSPS) is 11.0. The Morgan fingerprint density at radius 1 is 1.12 bits per heavy atom. The topological polar surface area (TPSA) is 34.0 Å². The lowest BCUT2D eigenvalue weighted by Gasteiger charge is -2.09. The summed E-state index contributed by atoms with van der Waals surface area (Å²) < 4.78 is 15.3. The number of benzene rings is 2. The maximum atomic E-state index is 13.1. The van der Waals surface area contributed by atoms with Gasteiger partial charge in [-0.3, -0.25) is 4.79 Å². The molecular weight excluding hydrogens is 303 g/mol. The van der Waals surface area contributed by atoms with Gasteiger partial charge in [-0.1, -0.05) is 12.1 Å². The summed E-state index contributed by atoms with van der Waals surface area (Å²) in [5, 5.41) is 3.91. The number of carbonyl (C=O) groups is 1. The van der Waals surface area contributed by atoms with Crippen LogP contribution in [0.25, 0.3) is 10.9 Å². The van der Waals surface area contributed by atoms with E-state index in [-0.39, 0.29) is 11.7 Å². The number of nitrogens with one attached hydrogen (secondary N) is 1. The molecular formula is C20H21FN2O. The van der Waals surface area contributed by atoms with Gasteiger partial charge in [0.1, 0.15) is 5.82 Å². The van der Waals surface area contributed by atoms with Crippen LogP contribution in [-0.4, -0.2) is 17.0 Å².